The van der Waals surface area contributed by atoms with E-state index in [0.29, 0.717) is 29.7 Å². The molecule has 0 aliphatic carbocycles. The van der Waals surface area contributed by atoms with Gasteiger partial charge >= 0.3 is 0 Å². The molecular formula is C15H17F2N3O2S. The summed E-state index contributed by atoms with van der Waals surface area (Å²) in [7, 11) is -3.15. The number of anilines is 1. The van der Waals surface area contributed by atoms with Crippen LogP contribution in [0.2, 0.25) is 0 Å². The molecule has 0 saturated carbocycles. The van der Waals surface area contributed by atoms with Gasteiger partial charge in [-0.25, -0.2) is 27.2 Å². The molecule has 124 valence electrons. The van der Waals surface area contributed by atoms with Crippen molar-refractivity contribution in [2.75, 3.05) is 23.7 Å². The van der Waals surface area contributed by atoms with Crippen molar-refractivity contribution in [3.8, 4) is 0 Å². The molecule has 1 fully saturated rings. The quantitative estimate of drug-likeness (QED) is 0.840. The summed E-state index contributed by atoms with van der Waals surface area (Å²) in [6.45, 7) is 2.39. The van der Waals surface area contributed by atoms with Gasteiger partial charge in [0.2, 0.25) is 0 Å². The van der Waals surface area contributed by atoms with E-state index >= 15 is 0 Å². The van der Waals surface area contributed by atoms with Crippen molar-refractivity contribution < 1.29 is 17.2 Å². The van der Waals surface area contributed by atoms with Crippen molar-refractivity contribution in [2.45, 2.75) is 25.0 Å². The Bertz CT molecular complexity index is 827. The number of para-hydroxylation sites is 1. The largest absolute Gasteiger partial charge is 0.355 e. The predicted octanol–water partition coefficient (Wildman–Crippen LogP) is 2.58. The van der Waals surface area contributed by atoms with Gasteiger partial charge in [-0.15, -0.1) is 0 Å². The lowest BCUT2D eigenvalue weighted by molar-refractivity contribution is 0.141. The molecule has 1 aromatic heterocycles. The molecule has 1 atom stereocenters. The van der Waals surface area contributed by atoms with E-state index in [0.717, 1.165) is 0 Å². The van der Waals surface area contributed by atoms with Crippen LogP contribution in [0.3, 0.4) is 0 Å². The van der Waals surface area contributed by atoms with Gasteiger partial charge < -0.3 is 4.90 Å². The summed E-state index contributed by atoms with van der Waals surface area (Å²) in [5.74, 6) is -0.148. The van der Waals surface area contributed by atoms with Gasteiger partial charge in [0.15, 0.2) is 15.7 Å². The summed E-state index contributed by atoms with van der Waals surface area (Å²) < 4.78 is 50.2. The Kier molecular flexibility index (Phi) is 4.18. The van der Waals surface area contributed by atoms with E-state index in [2.05, 4.69) is 9.97 Å². The zero-order chi connectivity index (χ0) is 16.6. The molecule has 1 unspecified atom stereocenters. The normalized spacial score (nSPS) is 21.6. The van der Waals surface area contributed by atoms with Crippen LogP contribution in [0.25, 0.3) is 10.9 Å². The number of sulfone groups is 1. The number of hydrogen-bond acceptors (Lipinski definition) is 5. The van der Waals surface area contributed by atoms with Gasteiger partial charge in [-0.05, 0) is 25.5 Å². The van der Waals surface area contributed by atoms with Crippen molar-refractivity contribution in [1.82, 2.24) is 9.97 Å². The smallest absolute Gasteiger partial charge is 0.297 e. The monoisotopic (exact) mass is 341 g/mol. The molecule has 2 heterocycles. The van der Waals surface area contributed by atoms with Crippen LogP contribution in [0.15, 0.2) is 24.3 Å². The Morgan fingerprint density at radius 1 is 1.22 bits per heavy atom. The molecule has 0 amide bonds. The molecule has 0 bridgehead atoms. The zero-order valence-corrected chi connectivity index (χ0v) is 13.4. The van der Waals surface area contributed by atoms with Crippen LogP contribution in [-0.4, -0.2) is 42.5 Å². The van der Waals surface area contributed by atoms with Crippen LogP contribution >= 0.6 is 0 Å². The molecule has 1 aliphatic rings. The van der Waals surface area contributed by atoms with Crippen molar-refractivity contribution in [3.05, 3.63) is 30.1 Å². The lowest BCUT2D eigenvalue weighted by Crippen LogP contribution is -2.28. The van der Waals surface area contributed by atoms with Crippen molar-refractivity contribution in [1.29, 1.82) is 0 Å². The molecule has 0 radical (unpaired) electrons. The molecular weight excluding hydrogens is 324 g/mol. The lowest BCUT2D eigenvalue weighted by Gasteiger charge is -2.23. The number of aromatic nitrogens is 2. The first-order valence-electron chi connectivity index (χ1n) is 7.40. The highest BCUT2D eigenvalue weighted by Crippen LogP contribution is 2.28. The average Bonchev–Trinajstić information content (AvgIpc) is 2.66. The second-order valence-electron chi connectivity index (χ2n) is 5.68. The van der Waals surface area contributed by atoms with Crippen molar-refractivity contribution in [2.24, 2.45) is 0 Å². The van der Waals surface area contributed by atoms with E-state index in [9.17, 15) is 17.2 Å². The fourth-order valence-corrected chi connectivity index (χ4v) is 4.04. The van der Waals surface area contributed by atoms with Crippen LogP contribution in [0.1, 0.15) is 25.6 Å². The van der Waals surface area contributed by atoms with Gasteiger partial charge in [0.1, 0.15) is 5.82 Å². The van der Waals surface area contributed by atoms with E-state index < -0.39 is 27.3 Å². The summed E-state index contributed by atoms with van der Waals surface area (Å²) >= 11 is 0. The van der Waals surface area contributed by atoms with E-state index in [-0.39, 0.29) is 12.3 Å². The summed E-state index contributed by atoms with van der Waals surface area (Å²) in [5, 5.41) is 0.221. The predicted molar refractivity (Wildman–Crippen MR) is 84.6 cm³/mol. The van der Waals surface area contributed by atoms with Crippen molar-refractivity contribution >= 4 is 26.6 Å². The van der Waals surface area contributed by atoms with Gasteiger partial charge in [0, 0.05) is 18.5 Å². The molecule has 1 saturated heterocycles. The first kappa shape index (κ1) is 16.0. The van der Waals surface area contributed by atoms with Gasteiger partial charge in [-0.3, -0.25) is 0 Å². The number of halogens is 2. The van der Waals surface area contributed by atoms with Crippen LogP contribution in [0, 0.1) is 0 Å². The number of nitrogens with zero attached hydrogens (tertiary/aromatic N) is 3. The van der Waals surface area contributed by atoms with Gasteiger partial charge in [0.05, 0.1) is 16.5 Å². The summed E-state index contributed by atoms with van der Waals surface area (Å²) in [4.78, 5) is 9.67. The van der Waals surface area contributed by atoms with Gasteiger partial charge in [-0.1, -0.05) is 12.1 Å². The third-order valence-electron chi connectivity index (χ3n) is 4.16. The Morgan fingerprint density at radius 3 is 2.70 bits per heavy atom. The first-order valence-corrected chi connectivity index (χ1v) is 9.11. The molecule has 3 rings (SSSR count). The van der Waals surface area contributed by atoms with Crippen LogP contribution in [0.5, 0.6) is 0 Å². The van der Waals surface area contributed by atoms with E-state index in [1.54, 1.807) is 36.1 Å². The second-order valence-corrected chi connectivity index (χ2v) is 8.22. The van der Waals surface area contributed by atoms with Crippen molar-refractivity contribution in [3.63, 3.8) is 0 Å². The summed E-state index contributed by atoms with van der Waals surface area (Å²) in [6, 6.07) is 6.93. The van der Waals surface area contributed by atoms with Crippen LogP contribution < -0.4 is 4.90 Å². The maximum atomic E-state index is 13.1. The highest BCUT2D eigenvalue weighted by molar-refractivity contribution is 7.92. The van der Waals surface area contributed by atoms with Gasteiger partial charge in [-0.2, -0.15) is 0 Å². The maximum absolute atomic E-state index is 13.1. The third-order valence-corrected chi connectivity index (χ3v) is 6.37. The minimum absolute atomic E-state index is 0.00346. The highest BCUT2D eigenvalue weighted by Gasteiger charge is 2.28. The minimum atomic E-state index is -3.15. The molecule has 5 nitrogen and oxygen atoms in total. The topological polar surface area (TPSA) is 63.2 Å². The fraction of sp³-hybridized carbons (Fsp3) is 0.467. The Balaban J connectivity index is 2.08. The fourth-order valence-electron chi connectivity index (χ4n) is 2.70. The molecule has 2 aromatic rings. The number of rotatable bonds is 2. The highest BCUT2D eigenvalue weighted by atomic mass is 32.2. The van der Waals surface area contributed by atoms with E-state index in [1.807, 2.05) is 0 Å². The molecule has 8 heteroatoms. The summed E-state index contributed by atoms with van der Waals surface area (Å²) in [5.41, 5.74) is 0.438. The third kappa shape index (κ3) is 3.12. The number of benzene rings is 1. The van der Waals surface area contributed by atoms with E-state index in [1.165, 1.54) is 0 Å². The Labute approximate surface area is 133 Å². The SMILES string of the molecule is CC1CCN(c2nc(C(F)F)nc3ccccc23)CCS1(=O)=O. The lowest BCUT2D eigenvalue weighted by atomic mass is 10.2. The van der Waals surface area contributed by atoms with Crippen LogP contribution in [0.4, 0.5) is 14.6 Å². The van der Waals surface area contributed by atoms with E-state index in [4.69, 9.17) is 0 Å². The standard InChI is InChI=1S/C15H17F2N3O2S/c1-10-6-7-20(8-9-23(10,21)22)15-11-4-2-3-5-12(11)18-14(19-15)13(16)17/h2-5,10,13H,6-9H2,1H3. The molecule has 23 heavy (non-hydrogen) atoms. The molecule has 1 aliphatic heterocycles. The summed E-state index contributed by atoms with van der Waals surface area (Å²) in [6.07, 6.45) is -2.32. The van der Waals surface area contributed by atoms with Gasteiger partial charge in [0.25, 0.3) is 6.43 Å². The zero-order valence-electron chi connectivity index (χ0n) is 12.6. The average molecular weight is 341 g/mol. The molecule has 0 N–H and O–H groups in total. The Hall–Kier alpha value is -1.83. The molecule has 0 spiro atoms. The van der Waals surface area contributed by atoms with Crippen LogP contribution in [-0.2, 0) is 9.84 Å². The number of hydrogen-bond donors (Lipinski definition) is 0. The second kappa shape index (κ2) is 5.99. The Morgan fingerprint density at radius 2 is 1.96 bits per heavy atom. The number of alkyl halides is 2. The minimum Gasteiger partial charge on any atom is -0.355 e. The molecule has 1 aromatic carbocycles. The maximum Gasteiger partial charge on any atom is 0.297 e. The number of fused-ring (bicyclic) bond motifs is 1. The first-order chi connectivity index (χ1) is 10.9.